The van der Waals surface area contributed by atoms with Gasteiger partial charge in [-0.1, -0.05) is 29.4 Å². The Morgan fingerprint density at radius 2 is 2.05 bits per heavy atom. The van der Waals surface area contributed by atoms with Crippen molar-refractivity contribution in [1.29, 1.82) is 0 Å². The minimum absolute atomic E-state index is 0.250. The first kappa shape index (κ1) is 13.7. The van der Waals surface area contributed by atoms with Crippen LogP contribution in [0.25, 0.3) is 21.4 Å². The van der Waals surface area contributed by atoms with Gasteiger partial charge in [-0.15, -0.1) is 0 Å². The van der Waals surface area contributed by atoms with Crippen molar-refractivity contribution in [3.05, 3.63) is 70.3 Å². The molecule has 0 unspecified atom stereocenters. The van der Waals surface area contributed by atoms with E-state index >= 15 is 0 Å². The van der Waals surface area contributed by atoms with Crippen molar-refractivity contribution < 1.29 is 9.21 Å². The molecule has 108 valence electrons. The maximum atomic E-state index is 12.3. The van der Waals surface area contributed by atoms with E-state index in [0.717, 1.165) is 10.9 Å². The Morgan fingerprint density at radius 1 is 1.23 bits per heavy atom. The minimum atomic E-state index is -0.323. The highest BCUT2D eigenvalue weighted by Gasteiger charge is 2.13. The number of azide groups is 1. The lowest BCUT2D eigenvalue weighted by Gasteiger charge is -2.07. The largest absolute Gasteiger partial charge is 0.451 e. The lowest BCUT2D eigenvalue weighted by atomic mass is 10.1. The normalized spacial score (nSPS) is 10.2. The molecule has 0 fully saturated rings. The number of carbonyl (C=O) groups is 1. The summed E-state index contributed by atoms with van der Waals surface area (Å²) in [5.74, 6) is -0.0736. The summed E-state index contributed by atoms with van der Waals surface area (Å²) < 4.78 is 5.53. The molecule has 0 saturated heterocycles. The molecular weight excluding hydrogens is 280 g/mol. The summed E-state index contributed by atoms with van der Waals surface area (Å²) in [6.45, 7) is 1.82. The quantitative estimate of drug-likeness (QED) is 0.421. The number of benzene rings is 2. The molecule has 0 saturated carbocycles. The van der Waals surface area contributed by atoms with Gasteiger partial charge in [0.05, 0.1) is 0 Å². The van der Waals surface area contributed by atoms with Crippen LogP contribution in [0.15, 0.2) is 58.1 Å². The van der Waals surface area contributed by atoms with Crippen molar-refractivity contribution >= 4 is 28.3 Å². The molecule has 1 heterocycles. The summed E-state index contributed by atoms with van der Waals surface area (Å²) in [7, 11) is 0. The van der Waals surface area contributed by atoms with Gasteiger partial charge in [0.1, 0.15) is 5.58 Å². The zero-order chi connectivity index (χ0) is 15.5. The molecule has 6 heteroatoms. The number of nitrogens with zero attached hydrogens (tertiary/aromatic N) is 3. The van der Waals surface area contributed by atoms with E-state index in [-0.39, 0.29) is 11.7 Å². The molecule has 0 aliphatic heterocycles. The van der Waals surface area contributed by atoms with Crippen molar-refractivity contribution in [3.8, 4) is 0 Å². The molecule has 0 spiro atoms. The van der Waals surface area contributed by atoms with Crippen LogP contribution in [-0.2, 0) is 0 Å². The maximum Gasteiger partial charge on any atom is 0.291 e. The van der Waals surface area contributed by atoms with Crippen molar-refractivity contribution in [3.63, 3.8) is 0 Å². The van der Waals surface area contributed by atoms with Crippen LogP contribution in [0.2, 0.25) is 0 Å². The van der Waals surface area contributed by atoms with E-state index in [2.05, 4.69) is 15.3 Å². The number of fused-ring (bicyclic) bond motifs is 1. The maximum absolute atomic E-state index is 12.3. The van der Waals surface area contributed by atoms with E-state index in [4.69, 9.17) is 9.95 Å². The fourth-order valence-electron chi connectivity index (χ4n) is 2.18. The topological polar surface area (TPSA) is 91.0 Å². The molecule has 3 rings (SSSR count). The first-order chi connectivity index (χ1) is 10.7. The van der Waals surface area contributed by atoms with Crippen LogP contribution in [0, 0.1) is 6.92 Å². The highest BCUT2D eigenvalue weighted by Crippen LogP contribution is 2.24. The van der Waals surface area contributed by atoms with Gasteiger partial charge in [-0.3, -0.25) is 4.79 Å². The summed E-state index contributed by atoms with van der Waals surface area (Å²) in [5, 5.41) is 7.19. The van der Waals surface area contributed by atoms with Gasteiger partial charge in [0, 0.05) is 21.7 Å². The number of hydrogen-bond acceptors (Lipinski definition) is 3. The van der Waals surface area contributed by atoms with E-state index in [0.29, 0.717) is 17.0 Å². The van der Waals surface area contributed by atoms with Crippen LogP contribution in [-0.4, -0.2) is 5.91 Å². The molecular formula is C16H12N4O2. The summed E-state index contributed by atoms with van der Waals surface area (Å²) in [6.07, 6.45) is 0. The van der Waals surface area contributed by atoms with Gasteiger partial charge in [-0.05, 0) is 42.3 Å². The molecule has 0 bridgehead atoms. The average molecular weight is 292 g/mol. The van der Waals surface area contributed by atoms with Crippen LogP contribution < -0.4 is 5.32 Å². The number of para-hydroxylation sites is 1. The Bertz CT molecular complexity index is 874. The van der Waals surface area contributed by atoms with E-state index in [1.807, 2.05) is 31.2 Å². The summed E-state index contributed by atoms with van der Waals surface area (Å²) in [6, 6.07) is 14.2. The number of rotatable bonds is 3. The van der Waals surface area contributed by atoms with Gasteiger partial charge >= 0.3 is 0 Å². The van der Waals surface area contributed by atoms with Crippen molar-refractivity contribution in [2.24, 2.45) is 5.11 Å². The smallest absolute Gasteiger partial charge is 0.291 e. The van der Waals surface area contributed by atoms with Crippen LogP contribution in [0.5, 0.6) is 0 Å². The first-order valence-corrected chi connectivity index (χ1v) is 6.63. The number of carbonyl (C=O) groups excluding carboxylic acids is 1. The number of aryl methyl sites for hydroxylation is 1. The van der Waals surface area contributed by atoms with Gasteiger partial charge < -0.3 is 9.73 Å². The van der Waals surface area contributed by atoms with Crippen molar-refractivity contribution in [2.75, 3.05) is 5.32 Å². The van der Waals surface area contributed by atoms with Crippen molar-refractivity contribution in [1.82, 2.24) is 0 Å². The Hall–Kier alpha value is -3.24. The number of amides is 1. The third-order valence-corrected chi connectivity index (χ3v) is 3.27. The fourth-order valence-corrected chi connectivity index (χ4v) is 2.18. The molecule has 6 nitrogen and oxygen atoms in total. The molecule has 1 N–H and O–H groups in total. The predicted molar refractivity (Wildman–Crippen MR) is 84.2 cm³/mol. The highest BCUT2D eigenvalue weighted by molar-refractivity contribution is 6.05. The minimum Gasteiger partial charge on any atom is -0.451 e. The molecule has 0 aliphatic rings. The Kier molecular flexibility index (Phi) is 3.52. The van der Waals surface area contributed by atoms with Gasteiger partial charge in [0.25, 0.3) is 5.91 Å². The standard InChI is InChI=1S/C16H12N4O2/c1-10-8-12(19-20-17)6-7-13(10)18-16(21)15-9-11-4-2-3-5-14(11)22-15/h2-9H,1H3,(H,18,21). The Labute approximate surface area is 126 Å². The molecule has 1 amide bonds. The molecule has 0 aliphatic carbocycles. The third kappa shape index (κ3) is 2.63. The van der Waals surface area contributed by atoms with Crippen LogP contribution in [0.4, 0.5) is 11.4 Å². The van der Waals surface area contributed by atoms with E-state index in [9.17, 15) is 4.79 Å². The van der Waals surface area contributed by atoms with E-state index in [1.54, 1.807) is 24.3 Å². The molecule has 1 aromatic heterocycles. The fraction of sp³-hybridized carbons (Fsp3) is 0.0625. The second-order valence-electron chi connectivity index (χ2n) is 4.79. The second-order valence-corrected chi connectivity index (χ2v) is 4.79. The van der Waals surface area contributed by atoms with E-state index in [1.165, 1.54) is 0 Å². The van der Waals surface area contributed by atoms with Gasteiger partial charge in [0.15, 0.2) is 5.76 Å². The van der Waals surface area contributed by atoms with Crippen LogP contribution >= 0.6 is 0 Å². The summed E-state index contributed by atoms with van der Waals surface area (Å²) >= 11 is 0. The van der Waals surface area contributed by atoms with Gasteiger partial charge in [0.2, 0.25) is 0 Å². The van der Waals surface area contributed by atoms with Gasteiger partial charge in [-0.25, -0.2) is 0 Å². The number of nitrogens with one attached hydrogen (secondary N) is 1. The lowest BCUT2D eigenvalue weighted by molar-refractivity contribution is 0.0998. The van der Waals surface area contributed by atoms with Crippen LogP contribution in [0.3, 0.4) is 0 Å². The number of furan rings is 1. The van der Waals surface area contributed by atoms with E-state index < -0.39 is 0 Å². The number of hydrogen-bond donors (Lipinski definition) is 1. The summed E-state index contributed by atoms with van der Waals surface area (Å²) in [5.41, 5.74) is 11.0. The predicted octanol–water partition coefficient (Wildman–Crippen LogP) is 4.94. The molecule has 0 radical (unpaired) electrons. The zero-order valence-electron chi connectivity index (χ0n) is 11.8. The first-order valence-electron chi connectivity index (χ1n) is 6.63. The molecule has 2 aromatic carbocycles. The average Bonchev–Trinajstić information content (AvgIpc) is 2.94. The lowest BCUT2D eigenvalue weighted by Crippen LogP contribution is -2.11. The molecule has 3 aromatic rings. The highest BCUT2D eigenvalue weighted by atomic mass is 16.3. The number of anilines is 1. The SMILES string of the molecule is Cc1cc(N=[N+]=[N-])ccc1NC(=O)c1cc2ccccc2o1. The third-order valence-electron chi connectivity index (χ3n) is 3.27. The second kappa shape index (κ2) is 5.63. The monoisotopic (exact) mass is 292 g/mol. The van der Waals surface area contributed by atoms with Crippen LogP contribution in [0.1, 0.15) is 16.1 Å². The molecule has 0 atom stereocenters. The summed E-state index contributed by atoms with van der Waals surface area (Å²) in [4.78, 5) is 15.0. The zero-order valence-corrected chi connectivity index (χ0v) is 11.8. The Morgan fingerprint density at radius 3 is 2.77 bits per heavy atom. The Balaban J connectivity index is 1.86. The van der Waals surface area contributed by atoms with Gasteiger partial charge in [-0.2, -0.15) is 0 Å². The van der Waals surface area contributed by atoms with Crippen molar-refractivity contribution in [2.45, 2.75) is 6.92 Å². The molecule has 22 heavy (non-hydrogen) atoms.